The van der Waals surface area contributed by atoms with Crippen molar-refractivity contribution < 1.29 is 4.74 Å². The molecule has 0 aromatic heterocycles. The molecule has 2 heterocycles. The summed E-state index contributed by atoms with van der Waals surface area (Å²) in [7, 11) is 0. The lowest BCUT2D eigenvalue weighted by Crippen LogP contribution is -2.56. The summed E-state index contributed by atoms with van der Waals surface area (Å²) < 4.78 is 5.29. The summed E-state index contributed by atoms with van der Waals surface area (Å²) in [6.45, 7) is 10.7. The van der Waals surface area contributed by atoms with E-state index in [2.05, 4.69) is 54.0 Å². The average Bonchev–Trinajstić information content (AvgIpc) is 2.34. The molecule has 0 bridgehead atoms. The van der Waals surface area contributed by atoms with Gasteiger partial charge in [-0.25, -0.2) is 0 Å². The monoisotopic (exact) mass is 272 g/mol. The molecule has 0 radical (unpaired) electrons. The maximum absolute atomic E-state index is 5.29. The molecular weight excluding hydrogens is 248 g/mol. The van der Waals surface area contributed by atoms with Crippen molar-refractivity contribution in [3.8, 4) is 0 Å². The van der Waals surface area contributed by atoms with Crippen molar-refractivity contribution in [2.75, 3.05) is 39.4 Å². The highest BCUT2D eigenvalue weighted by Gasteiger charge is 2.28. The number of ether oxygens (including phenoxy) is 1. The summed E-state index contributed by atoms with van der Waals surface area (Å²) in [5.41, 5.74) is 3.98. The Bertz CT molecular complexity index is 475. The molecule has 3 heteroatoms. The zero-order valence-electron chi connectivity index (χ0n) is 12.5. The molecule has 0 atom stereocenters. The van der Waals surface area contributed by atoms with Crippen LogP contribution in [0.15, 0.2) is 47.2 Å². The van der Waals surface area contributed by atoms with Crippen molar-refractivity contribution >= 4 is 0 Å². The predicted octanol–water partition coefficient (Wildman–Crippen LogP) is 2.35. The third kappa shape index (κ3) is 3.05. The Morgan fingerprint density at radius 2 is 1.75 bits per heavy atom. The zero-order valence-corrected chi connectivity index (χ0v) is 12.5. The minimum absolute atomic E-state index is 0.672. The third-order valence-electron chi connectivity index (χ3n) is 4.27. The fraction of sp³-hybridized carbons (Fsp3) is 0.529. The van der Waals surface area contributed by atoms with E-state index in [-0.39, 0.29) is 0 Å². The highest BCUT2D eigenvalue weighted by molar-refractivity contribution is 5.38. The first-order chi connectivity index (χ1) is 9.72. The molecule has 0 aromatic rings. The van der Waals surface area contributed by atoms with E-state index in [4.69, 9.17) is 4.74 Å². The van der Waals surface area contributed by atoms with Crippen LogP contribution in [0.25, 0.3) is 0 Å². The van der Waals surface area contributed by atoms with E-state index >= 15 is 0 Å². The van der Waals surface area contributed by atoms with E-state index in [9.17, 15) is 0 Å². The van der Waals surface area contributed by atoms with Crippen molar-refractivity contribution in [1.29, 1.82) is 0 Å². The minimum Gasteiger partial charge on any atom is -0.378 e. The number of piperazine rings is 1. The summed E-state index contributed by atoms with van der Waals surface area (Å²) in [5, 5.41) is 0. The maximum atomic E-state index is 5.29. The van der Waals surface area contributed by atoms with Crippen LogP contribution in [-0.4, -0.2) is 55.2 Å². The summed E-state index contributed by atoms with van der Waals surface area (Å²) in [4.78, 5) is 5.07. The molecule has 3 rings (SSSR count). The van der Waals surface area contributed by atoms with Gasteiger partial charge in [-0.05, 0) is 31.6 Å². The lowest BCUT2D eigenvalue weighted by atomic mass is 10.1. The van der Waals surface area contributed by atoms with Crippen LogP contribution in [0.5, 0.6) is 0 Å². The Labute approximate surface area is 121 Å². The molecule has 2 aliphatic heterocycles. The highest BCUT2D eigenvalue weighted by atomic mass is 16.5. The van der Waals surface area contributed by atoms with Gasteiger partial charge in [-0.15, -0.1) is 0 Å². The largest absolute Gasteiger partial charge is 0.378 e. The minimum atomic E-state index is 0.672. The third-order valence-corrected chi connectivity index (χ3v) is 4.27. The van der Waals surface area contributed by atoms with Crippen LogP contribution < -0.4 is 0 Å². The van der Waals surface area contributed by atoms with Crippen LogP contribution in [0.2, 0.25) is 0 Å². The molecule has 3 aliphatic rings. The summed E-state index contributed by atoms with van der Waals surface area (Å²) in [6.07, 6.45) is 11.1. The Morgan fingerprint density at radius 1 is 1.00 bits per heavy atom. The molecule has 0 amide bonds. The Hall–Kier alpha value is -1.32. The molecule has 0 N–H and O–H groups in total. The maximum Gasteiger partial charge on any atom is 0.0645 e. The fourth-order valence-electron chi connectivity index (χ4n) is 3.00. The van der Waals surface area contributed by atoms with Gasteiger partial charge in [-0.1, -0.05) is 23.8 Å². The van der Waals surface area contributed by atoms with Gasteiger partial charge >= 0.3 is 0 Å². The summed E-state index contributed by atoms with van der Waals surface area (Å²) >= 11 is 0. The number of hydrogen-bond acceptors (Lipinski definition) is 3. The number of rotatable bonds is 2. The first kappa shape index (κ1) is 13.7. The fourth-order valence-corrected chi connectivity index (χ4v) is 3.00. The van der Waals surface area contributed by atoms with E-state index < -0.39 is 0 Å². The van der Waals surface area contributed by atoms with Crippen molar-refractivity contribution in [1.82, 2.24) is 9.80 Å². The van der Waals surface area contributed by atoms with E-state index in [1.165, 1.54) is 16.8 Å². The van der Waals surface area contributed by atoms with Gasteiger partial charge < -0.3 is 9.64 Å². The quantitative estimate of drug-likeness (QED) is 0.767. The lowest BCUT2D eigenvalue weighted by Gasteiger charge is -2.43. The van der Waals surface area contributed by atoms with E-state index in [1.807, 2.05) is 0 Å². The molecule has 108 valence electrons. The van der Waals surface area contributed by atoms with Crippen LogP contribution in [0.1, 0.15) is 13.8 Å². The second kappa shape index (κ2) is 5.98. The number of nitrogens with zero attached hydrogens (tertiary/aromatic N) is 2. The first-order valence-electron chi connectivity index (χ1n) is 7.54. The molecule has 2 saturated heterocycles. The molecule has 0 spiro atoms. The number of allylic oxidation sites excluding steroid dienone is 7. The van der Waals surface area contributed by atoms with Crippen LogP contribution in [0.3, 0.4) is 0 Å². The first-order valence-corrected chi connectivity index (χ1v) is 7.54. The lowest BCUT2D eigenvalue weighted by molar-refractivity contribution is -0.0745. The topological polar surface area (TPSA) is 15.7 Å². The van der Waals surface area contributed by atoms with E-state index in [1.54, 1.807) is 0 Å². The molecule has 0 saturated carbocycles. The van der Waals surface area contributed by atoms with Gasteiger partial charge in [0.2, 0.25) is 0 Å². The van der Waals surface area contributed by atoms with Crippen molar-refractivity contribution in [3.05, 3.63) is 47.2 Å². The SMILES string of the molecule is CC1=CC(C)=CC(N2CCN(C3COC3)CC2)=CC=C1. The Morgan fingerprint density at radius 3 is 2.40 bits per heavy atom. The number of hydrogen-bond donors (Lipinski definition) is 0. The molecule has 2 fully saturated rings. The molecule has 1 aliphatic carbocycles. The van der Waals surface area contributed by atoms with Gasteiger partial charge in [0.25, 0.3) is 0 Å². The van der Waals surface area contributed by atoms with Gasteiger partial charge in [0.1, 0.15) is 0 Å². The highest BCUT2D eigenvalue weighted by Crippen LogP contribution is 2.19. The second-order valence-corrected chi connectivity index (χ2v) is 5.94. The molecule has 0 unspecified atom stereocenters. The summed E-state index contributed by atoms with van der Waals surface area (Å²) in [5.74, 6) is 0. The van der Waals surface area contributed by atoms with Gasteiger partial charge in [0.15, 0.2) is 0 Å². The predicted molar refractivity (Wildman–Crippen MR) is 82.5 cm³/mol. The smallest absolute Gasteiger partial charge is 0.0645 e. The molecular formula is C17H24N2O. The van der Waals surface area contributed by atoms with Crippen LogP contribution in [-0.2, 0) is 4.74 Å². The van der Waals surface area contributed by atoms with Gasteiger partial charge in [-0.2, -0.15) is 0 Å². The molecule has 0 aromatic carbocycles. The average molecular weight is 272 g/mol. The van der Waals surface area contributed by atoms with E-state index in [0.29, 0.717) is 6.04 Å². The van der Waals surface area contributed by atoms with Crippen LogP contribution in [0.4, 0.5) is 0 Å². The molecule has 20 heavy (non-hydrogen) atoms. The van der Waals surface area contributed by atoms with E-state index in [0.717, 1.165) is 39.4 Å². The zero-order chi connectivity index (χ0) is 13.9. The van der Waals surface area contributed by atoms with Crippen molar-refractivity contribution in [2.45, 2.75) is 19.9 Å². The Kier molecular flexibility index (Phi) is 4.08. The van der Waals surface area contributed by atoms with Crippen molar-refractivity contribution in [3.63, 3.8) is 0 Å². The summed E-state index contributed by atoms with van der Waals surface area (Å²) in [6, 6.07) is 0.672. The van der Waals surface area contributed by atoms with Crippen molar-refractivity contribution in [2.24, 2.45) is 0 Å². The van der Waals surface area contributed by atoms with Gasteiger partial charge in [0.05, 0.1) is 19.3 Å². The van der Waals surface area contributed by atoms with Crippen LogP contribution in [0, 0.1) is 0 Å². The Balaban J connectivity index is 1.63. The van der Waals surface area contributed by atoms with Gasteiger partial charge in [-0.3, -0.25) is 4.90 Å². The standard InChI is InChI=1S/C17H24N2O/c1-14-4-3-5-16(11-15(2)10-14)18-6-8-19(9-7-18)17-12-20-13-17/h3-5,10-11,17H,6-9,12-13H2,1-2H3. The van der Waals surface area contributed by atoms with Gasteiger partial charge in [0, 0.05) is 31.9 Å². The van der Waals surface area contributed by atoms with Crippen LogP contribution >= 0.6 is 0 Å². The normalized spacial score (nSPS) is 25.3. The molecule has 3 nitrogen and oxygen atoms in total. The second-order valence-electron chi connectivity index (χ2n) is 5.94.